The van der Waals surface area contributed by atoms with E-state index < -0.39 is 10.9 Å². The lowest BCUT2D eigenvalue weighted by Gasteiger charge is -1.94. The quantitative estimate of drug-likeness (QED) is 0.426. The molecule has 0 aromatic carbocycles. The van der Waals surface area contributed by atoms with Crippen LogP contribution < -0.4 is 0 Å². The van der Waals surface area contributed by atoms with Crippen LogP contribution in [0.25, 0.3) is 0 Å². The van der Waals surface area contributed by atoms with E-state index in [0.717, 1.165) is 12.1 Å². The maximum absolute atomic E-state index is 10.4. The van der Waals surface area contributed by atoms with Gasteiger partial charge in [0.1, 0.15) is 5.69 Å². The van der Waals surface area contributed by atoms with Gasteiger partial charge < -0.3 is 10.1 Å². The lowest BCUT2D eigenvalue weighted by molar-refractivity contribution is -0.385. The van der Waals surface area contributed by atoms with Crippen LogP contribution in [0.3, 0.4) is 0 Å². The van der Waals surface area contributed by atoms with Crippen molar-refractivity contribution in [2.45, 2.75) is 0 Å². The summed E-state index contributed by atoms with van der Waals surface area (Å²) in [6, 6.07) is 2.15. The molecule has 0 saturated carbocycles. The van der Waals surface area contributed by atoms with Crippen LogP contribution in [0.2, 0.25) is 0 Å². The largest absolute Gasteiger partial charge is 0.477 e. The van der Waals surface area contributed by atoms with Gasteiger partial charge in [-0.1, -0.05) is 12.2 Å². The Morgan fingerprint density at radius 2 is 2.23 bits per heavy atom. The SMILES string of the molecule is O=C(O)c1ccc([N+](=O)[O-])c(=S)[nH]1. The van der Waals surface area contributed by atoms with Crippen LogP contribution in [-0.4, -0.2) is 21.0 Å². The number of aromatic nitrogens is 1. The van der Waals surface area contributed by atoms with Crippen LogP contribution >= 0.6 is 12.2 Å². The van der Waals surface area contributed by atoms with Gasteiger partial charge in [-0.2, -0.15) is 0 Å². The Bertz CT molecular complexity index is 425. The third-order valence-electron chi connectivity index (χ3n) is 1.32. The molecule has 0 saturated heterocycles. The average molecular weight is 200 g/mol. The molecule has 0 atom stereocenters. The third-order valence-corrected chi connectivity index (χ3v) is 1.63. The van der Waals surface area contributed by atoms with Crippen molar-refractivity contribution in [2.24, 2.45) is 0 Å². The van der Waals surface area contributed by atoms with Crippen LogP contribution in [0.15, 0.2) is 12.1 Å². The molecule has 1 heterocycles. The molecule has 0 spiro atoms. The number of rotatable bonds is 2. The molecule has 0 radical (unpaired) electrons. The van der Waals surface area contributed by atoms with Crippen molar-refractivity contribution in [3.63, 3.8) is 0 Å². The van der Waals surface area contributed by atoms with Crippen molar-refractivity contribution in [2.75, 3.05) is 0 Å². The number of nitrogens with one attached hydrogen (secondary N) is 1. The summed E-state index contributed by atoms with van der Waals surface area (Å²) in [6.45, 7) is 0. The Balaban J connectivity index is 3.29. The molecule has 13 heavy (non-hydrogen) atoms. The van der Waals surface area contributed by atoms with Gasteiger partial charge in [0.2, 0.25) is 0 Å². The number of pyridine rings is 1. The molecule has 0 bridgehead atoms. The molecule has 1 aromatic rings. The van der Waals surface area contributed by atoms with Crippen molar-refractivity contribution in [1.29, 1.82) is 0 Å². The number of carboxylic acid groups (broad SMARTS) is 1. The van der Waals surface area contributed by atoms with E-state index in [1.54, 1.807) is 0 Å². The highest BCUT2D eigenvalue weighted by Gasteiger charge is 2.11. The summed E-state index contributed by atoms with van der Waals surface area (Å²) in [5, 5.41) is 18.8. The number of carbonyl (C=O) groups is 1. The summed E-state index contributed by atoms with van der Waals surface area (Å²) in [6.07, 6.45) is 0. The first kappa shape index (κ1) is 9.33. The molecule has 0 amide bonds. The van der Waals surface area contributed by atoms with E-state index >= 15 is 0 Å². The van der Waals surface area contributed by atoms with Gasteiger partial charge in [0.15, 0.2) is 4.64 Å². The molecule has 0 aliphatic rings. The average Bonchev–Trinajstić information content (AvgIpc) is 2.03. The molecule has 6 nitrogen and oxygen atoms in total. The predicted molar refractivity (Wildman–Crippen MR) is 45.2 cm³/mol. The van der Waals surface area contributed by atoms with Gasteiger partial charge in [-0.25, -0.2) is 4.79 Å². The maximum Gasteiger partial charge on any atom is 0.352 e. The molecular weight excluding hydrogens is 196 g/mol. The monoisotopic (exact) mass is 200 g/mol. The van der Waals surface area contributed by atoms with Crippen LogP contribution in [0.4, 0.5) is 5.69 Å². The summed E-state index contributed by atoms with van der Waals surface area (Å²) in [7, 11) is 0. The first-order chi connectivity index (χ1) is 6.02. The lowest BCUT2D eigenvalue weighted by Crippen LogP contribution is -2.01. The summed E-state index contributed by atoms with van der Waals surface area (Å²) in [5.74, 6) is -1.21. The summed E-state index contributed by atoms with van der Waals surface area (Å²) < 4.78 is -0.190. The van der Waals surface area contributed by atoms with Crippen molar-refractivity contribution >= 4 is 23.9 Å². The third kappa shape index (κ3) is 1.88. The molecule has 2 N–H and O–H groups in total. The first-order valence-electron chi connectivity index (χ1n) is 3.13. The normalized spacial score (nSPS) is 9.54. The lowest BCUT2D eigenvalue weighted by atomic mass is 10.3. The van der Waals surface area contributed by atoms with E-state index in [9.17, 15) is 14.9 Å². The standard InChI is InChI=1S/C6H4N2O4S/c9-6(10)3-1-2-4(8(11)12)5(13)7-3/h1-2H,(H,7,13)(H,9,10). The molecule has 0 aliphatic carbocycles. The molecular formula is C6H4N2O4S. The number of aromatic carboxylic acids is 1. The number of nitro groups is 1. The van der Waals surface area contributed by atoms with Crippen LogP contribution in [0, 0.1) is 14.8 Å². The second-order valence-electron chi connectivity index (χ2n) is 2.15. The van der Waals surface area contributed by atoms with Gasteiger partial charge >= 0.3 is 11.7 Å². The predicted octanol–water partition coefficient (Wildman–Crippen LogP) is 1.35. The Hall–Kier alpha value is -1.76. The van der Waals surface area contributed by atoms with Gasteiger partial charge in [0, 0.05) is 6.07 Å². The first-order valence-corrected chi connectivity index (χ1v) is 3.54. The summed E-state index contributed by atoms with van der Waals surface area (Å²) in [5.41, 5.74) is -0.476. The zero-order valence-electron chi connectivity index (χ0n) is 6.18. The highest BCUT2D eigenvalue weighted by Crippen LogP contribution is 2.11. The molecule has 0 unspecified atom stereocenters. The molecule has 0 fully saturated rings. The van der Waals surface area contributed by atoms with E-state index in [1.807, 2.05) is 0 Å². The minimum absolute atomic E-state index is 0.171. The fourth-order valence-corrected chi connectivity index (χ4v) is 0.987. The summed E-state index contributed by atoms with van der Waals surface area (Å²) >= 11 is 4.57. The minimum atomic E-state index is -1.21. The van der Waals surface area contributed by atoms with Crippen molar-refractivity contribution in [3.8, 4) is 0 Å². The van der Waals surface area contributed by atoms with E-state index in [-0.39, 0.29) is 16.0 Å². The van der Waals surface area contributed by atoms with Crippen LogP contribution in [0.5, 0.6) is 0 Å². The van der Waals surface area contributed by atoms with Crippen LogP contribution in [-0.2, 0) is 0 Å². The molecule has 0 aliphatic heterocycles. The Labute approximate surface area is 77.0 Å². The Kier molecular flexibility index (Phi) is 2.38. The van der Waals surface area contributed by atoms with Gasteiger partial charge in [-0.15, -0.1) is 0 Å². The number of H-pyrrole nitrogens is 1. The highest BCUT2D eigenvalue weighted by atomic mass is 32.1. The molecule has 7 heteroatoms. The van der Waals surface area contributed by atoms with Gasteiger partial charge in [0.25, 0.3) is 0 Å². The van der Waals surface area contributed by atoms with Crippen LogP contribution in [0.1, 0.15) is 10.5 Å². The smallest absolute Gasteiger partial charge is 0.352 e. The fraction of sp³-hybridized carbons (Fsp3) is 0. The zero-order chi connectivity index (χ0) is 10.0. The number of aromatic amines is 1. The fourth-order valence-electron chi connectivity index (χ4n) is 0.734. The molecule has 68 valence electrons. The van der Waals surface area contributed by atoms with E-state index in [1.165, 1.54) is 0 Å². The van der Waals surface area contributed by atoms with Gasteiger partial charge in [-0.3, -0.25) is 10.1 Å². The number of hydrogen-bond donors (Lipinski definition) is 2. The zero-order valence-corrected chi connectivity index (χ0v) is 7.00. The number of nitrogens with zero attached hydrogens (tertiary/aromatic N) is 1. The second kappa shape index (κ2) is 3.31. The highest BCUT2D eigenvalue weighted by molar-refractivity contribution is 7.71. The molecule has 1 rings (SSSR count). The van der Waals surface area contributed by atoms with Crippen molar-refractivity contribution in [3.05, 3.63) is 32.6 Å². The van der Waals surface area contributed by atoms with E-state index in [0.29, 0.717) is 0 Å². The second-order valence-corrected chi connectivity index (χ2v) is 2.56. The Morgan fingerprint density at radius 3 is 2.62 bits per heavy atom. The minimum Gasteiger partial charge on any atom is -0.477 e. The topological polar surface area (TPSA) is 96.2 Å². The van der Waals surface area contributed by atoms with E-state index in [2.05, 4.69) is 17.2 Å². The summed E-state index contributed by atoms with van der Waals surface area (Å²) in [4.78, 5) is 22.2. The van der Waals surface area contributed by atoms with Gasteiger partial charge in [0.05, 0.1) is 4.92 Å². The maximum atomic E-state index is 10.4. The molecule has 1 aromatic heterocycles. The number of hydrogen-bond acceptors (Lipinski definition) is 4. The number of carboxylic acids is 1. The van der Waals surface area contributed by atoms with Crippen molar-refractivity contribution < 1.29 is 14.8 Å². The van der Waals surface area contributed by atoms with Crippen molar-refractivity contribution in [1.82, 2.24) is 4.98 Å². The van der Waals surface area contributed by atoms with Gasteiger partial charge in [-0.05, 0) is 6.07 Å². The van der Waals surface area contributed by atoms with E-state index in [4.69, 9.17) is 5.11 Å². The Morgan fingerprint density at radius 1 is 1.62 bits per heavy atom.